The summed E-state index contributed by atoms with van der Waals surface area (Å²) in [5, 5.41) is 0. The molecule has 0 heterocycles. The molecular formula is C20H30O4. The first kappa shape index (κ1) is 20.2. The molecule has 0 aliphatic heterocycles. The summed E-state index contributed by atoms with van der Waals surface area (Å²) in [4.78, 5) is 24.3. The van der Waals surface area contributed by atoms with Gasteiger partial charge in [-0.3, -0.25) is 0 Å². The van der Waals surface area contributed by atoms with Crippen LogP contribution in [0, 0.1) is 11.3 Å². The van der Waals surface area contributed by atoms with Crippen LogP contribution in [0.15, 0.2) is 24.3 Å². The van der Waals surface area contributed by atoms with Crippen molar-refractivity contribution in [3.63, 3.8) is 0 Å². The molecule has 0 spiro atoms. The number of carbonyl (C=O) groups is 2. The summed E-state index contributed by atoms with van der Waals surface area (Å²) < 4.78 is 10.7. The highest BCUT2D eigenvalue weighted by Crippen LogP contribution is 2.23. The number of hydrogen-bond donors (Lipinski definition) is 0. The molecule has 1 atom stereocenters. The van der Waals surface area contributed by atoms with Crippen molar-refractivity contribution in [2.75, 3.05) is 6.61 Å². The highest BCUT2D eigenvalue weighted by atomic mass is 16.5. The van der Waals surface area contributed by atoms with Gasteiger partial charge in [0.2, 0.25) is 0 Å². The van der Waals surface area contributed by atoms with E-state index >= 15 is 0 Å². The van der Waals surface area contributed by atoms with Crippen LogP contribution in [0.3, 0.4) is 0 Å². The molecule has 0 saturated carbocycles. The summed E-state index contributed by atoms with van der Waals surface area (Å²) in [6.45, 7) is 12.6. The number of ether oxygens (including phenoxy) is 2. The summed E-state index contributed by atoms with van der Waals surface area (Å²) in [6.07, 6.45) is 1.63. The molecule has 0 N–H and O–H groups in total. The Hall–Kier alpha value is -1.84. The number of hydrogen-bond acceptors (Lipinski definition) is 4. The predicted molar refractivity (Wildman–Crippen MR) is 95.1 cm³/mol. The van der Waals surface area contributed by atoms with Crippen molar-refractivity contribution in [1.29, 1.82) is 0 Å². The molecule has 24 heavy (non-hydrogen) atoms. The second-order valence-electron chi connectivity index (χ2n) is 7.67. The molecule has 0 aromatic heterocycles. The molecule has 0 amide bonds. The van der Waals surface area contributed by atoms with Crippen molar-refractivity contribution in [2.45, 2.75) is 60.5 Å². The van der Waals surface area contributed by atoms with E-state index < -0.39 is 11.9 Å². The van der Waals surface area contributed by atoms with Crippen LogP contribution >= 0.6 is 0 Å². The lowest BCUT2D eigenvalue weighted by Gasteiger charge is -2.26. The van der Waals surface area contributed by atoms with Crippen molar-refractivity contribution in [2.24, 2.45) is 11.3 Å². The molecule has 4 heteroatoms. The Morgan fingerprint density at radius 3 is 2.17 bits per heavy atom. The van der Waals surface area contributed by atoms with Gasteiger partial charge in [-0.2, -0.15) is 0 Å². The zero-order chi connectivity index (χ0) is 18.3. The first-order valence-corrected chi connectivity index (χ1v) is 8.59. The Balaban J connectivity index is 2.65. The normalized spacial score (nSPS) is 12.8. The molecule has 0 saturated heterocycles. The first-order valence-electron chi connectivity index (χ1n) is 8.59. The zero-order valence-electron chi connectivity index (χ0n) is 15.7. The third-order valence-electron chi connectivity index (χ3n) is 4.00. The molecule has 1 aromatic rings. The minimum Gasteiger partial charge on any atom is -0.462 e. The Morgan fingerprint density at radius 1 is 1.04 bits per heavy atom. The van der Waals surface area contributed by atoms with E-state index in [0.717, 1.165) is 12.8 Å². The molecule has 1 rings (SSSR count). The van der Waals surface area contributed by atoms with E-state index in [1.54, 1.807) is 18.2 Å². The SMILES string of the molecule is CC(C)CCCOC(=O)c1cccc(C(=O)OC(C)C(C)(C)C)c1. The van der Waals surface area contributed by atoms with Gasteiger partial charge in [-0.1, -0.05) is 40.7 Å². The fraction of sp³-hybridized carbons (Fsp3) is 0.600. The molecule has 134 valence electrons. The summed E-state index contributed by atoms with van der Waals surface area (Å²) in [6, 6.07) is 6.49. The summed E-state index contributed by atoms with van der Waals surface area (Å²) >= 11 is 0. The van der Waals surface area contributed by atoms with Crippen molar-refractivity contribution < 1.29 is 19.1 Å². The van der Waals surface area contributed by atoms with Crippen molar-refractivity contribution >= 4 is 11.9 Å². The second kappa shape index (κ2) is 8.86. The van der Waals surface area contributed by atoms with Crippen LogP contribution in [0.4, 0.5) is 0 Å². The largest absolute Gasteiger partial charge is 0.462 e. The van der Waals surface area contributed by atoms with Gasteiger partial charge in [-0.15, -0.1) is 0 Å². The van der Waals surface area contributed by atoms with Gasteiger partial charge in [0.25, 0.3) is 0 Å². The molecule has 0 radical (unpaired) electrons. The van der Waals surface area contributed by atoms with Gasteiger partial charge in [0.05, 0.1) is 17.7 Å². The third kappa shape index (κ3) is 6.73. The Kier molecular flexibility index (Phi) is 7.46. The molecule has 1 aromatic carbocycles. The number of benzene rings is 1. The van der Waals surface area contributed by atoms with Gasteiger partial charge in [0.1, 0.15) is 6.10 Å². The Morgan fingerprint density at radius 2 is 1.62 bits per heavy atom. The summed E-state index contributed by atoms with van der Waals surface area (Å²) in [5.74, 6) is -0.240. The minimum atomic E-state index is -0.424. The molecule has 0 fully saturated rings. The maximum Gasteiger partial charge on any atom is 0.338 e. The minimum absolute atomic E-state index is 0.136. The Bertz CT molecular complexity index is 555. The van der Waals surface area contributed by atoms with Gasteiger partial charge in [-0.25, -0.2) is 9.59 Å². The molecule has 0 aliphatic carbocycles. The molecule has 1 unspecified atom stereocenters. The first-order chi connectivity index (χ1) is 11.1. The van der Waals surface area contributed by atoms with Crippen LogP contribution in [0.2, 0.25) is 0 Å². The van der Waals surface area contributed by atoms with Crippen LogP contribution < -0.4 is 0 Å². The van der Waals surface area contributed by atoms with E-state index in [1.165, 1.54) is 6.07 Å². The van der Waals surface area contributed by atoms with E-state index in [0.29, 0.717) is 23.7 Å². The van der Waals surface area contributed by atoms with E-state index in [2.05, 4.69) is 13.8 Å². The lowest BCUT2D eigenvalue weighted by atomic mass is 9.90. The smallest absolute Gasteiger partial charge is 0.338 e. The zero-order valence-corrected chi connectivity index (χ0v) is 15.7. The van der Waals surface area contributed by atoms with Crippen LogP contribution in [0.5, 0.6) is 0 Å². The fourth-order valence-electron chi connectivity index (χ4n) is 1.92. The van der Waals surface area contributed by atoms with Gasteiger partial charge in [0, 0.05) is 0 Å². The maximum absolute atomic E-state index is 12.2. The topological polar surface area (TPSA) is 52.6 Å². The van der Waals surface area contributed by atoms with Crippen molar-refractivity contribution in [3.05, 3.63) is 35.4 Å². The Labute approximate surface area is 145 Å². The average molecular weight is 334 g/mol. The third-order valence-corrected chi connectivity index (χ3v) is 4.00. The van der Waals surface area contributed by atoms with Crippen LogP contribution in [-0.4, -0.2) is 24.6 Å². The lowest BCUT2D eigenvalue weighted by molar-refractivity contribution is 0.00479. The average Bonchev–Trinajstić information content (AvgIpc) is 2.50. The summed E-state index contributed by atoms with van der Waals surface area (Å²) in [7, 11) is 0. The molecule has 0 aliphatic rings. The lowest BCUT2D eigenvalue weighted by Crippen LogP contribution is -2.28. The van der Waals surface area contributed by atoms with Crippen LogP contribution in [0.1, 0.15) is 75.1 Å². The quantitative estimate of drug-likeness (QED) is 0.527. The monoisotopic (exact) mass is 334 g/mol. The van der Waals surface area contributed by atoms with E-state index in [-0.39, 0.29) is 11.5 Å². The highest BCUT2D eigenvalue weighted by Gasteiger charge is 2.24. The number of esters is 2. The van der Waals surface area contributed by atoms with E-state index in [4.69, 9.17) is 9.47 Å². The summed E-state index contributed by atoms with van der Waals surface area (Å²) in [5.41, 5.74) is 0.600. The second-order valence-corrected chi connectivity index (χ2v) is 7.67. The van der Waals surface area contributed by atoms with Crippen molar-refractivity contribution in [3.8, 4) is 0 Å². The van der Waals surface area contributed by atoms with E-state index in [9.17, 15) is 9.59 Å². The molecular weight excluding hydrogens is 304 g/mol. The number of carbonyl (C=O) groups excluding carboxylic acids is 2. The standard InChI is InChI=1S/C20H30O4/c1-14(2)9-8-12-23-18(21)16-10-7-11-17(13-16)19(22)24-15(3)20(4,5)6/h7,10-11,13-15H,8-9,12H2,1-6H3. The molecule has 0 bridgehead atoms. The number of rotatable bonds is 7. The van der Waals surface area contributed by atoms with E-state index in [1.807, 2.05) is 27.7 Å². The van der Waals surface area contributed by atoms with Crippen molar-refractivity contribution in [1.82, 2.24) is 0 Å². The van der Waals surface area contributed by atoms with Gasteiger partial charge >= 0.3 is 11.9 Å². The van der Waals surface area contributed by atoms with Gasteiger partial charge in [-0.05, 0) is 49.3 Å². The van der Waals surface area contributed by atoms with Crippen LogP contribution in [0.25, 0.3) is 0 Å². The van der Waals surface area contributed by atoms with Crippen LogP contribution in [-0.2, 0) is 9.47 Å². The van der Waals surface area contributed by atoms with Gasteiger partial charge in [0.15, 0.2) is 0 Å². The highest BCUT2D eigenvalue weighted by molar-refractivity contribution is 5.95. The van der Waals surface area contributed by atoms with Gasteiger partial charge < -0.3 is 9.47 Å². The maximum atomic E-state index is 12.2. The predicted octanol–water partition coefficient (Wildman–Crippen LogP) is 4.87. The fourth-order valence-corrected chi connectivity index (χ4v) is 1.92. The molecule has 4 nitrogen and oxygen atoms in total.